The van der Waals surface area contributed by atoms with Crippen molar-refractivity contribution in [1.82, 2.24) is 0 Å². The molecule has 3 rings (SSSR count). The second-order valence-electron chi connectivity index (χ2n) is 5.89. The van der Waals surface area contributed by atoms with Gasteiger partial charge >= 0.3 is 0 Å². The van der Waals surface area contributed by atoms with E-state index in [9.17, 15) is 9.50 Å². The fourth-order valence-corrected chi connectivity index (χ4v) is 4.60. The molecule has 2 unspecified atom stereocenters. The molecule has 4 heteroatoms. The van der Waals surface area contributed by atoms with Crippen LogP contribution in [0.1, 0.15) is 37.4 Å². The van der Waals surface area contributed by atoms with E-state index in [-0.39, 0.29) is 17.3 Å². The molecule has 0 aliphatic carbocycles. The zero-order valence-corrected chi connectivity index (χ0v) is 12.4. The first-order chi connectivity index (χ1) is 9.69. The molecule has 2 nitrogen and oxygen atoms in total. The molecule has 110 valence electrons. The van der Waals surface area contributed by atoms with E-state index in [0.717, 1.165) is 49.4 Å². The summed E-state index contributed by atoms with van der Waals surface area (Å²) in [6.45, 7) is 0.730. The summed E-state index contributed by atoms with van der Waals surface area (Å²) < 4.78 is 19.0. The summed E-state index contributed by atoms with van der Waals surface area (Å²) in [6.07, 6.45) is 3.47. The normalized spacial score (nSPS) is 27.4. The van der Waals surface area contributed by atoms with Crippen molar-refractivity contribution < 1.29 is 14.2 Å². The maximum atomic E-state index is 13.0. The number of aliphatic hydroxyl groups is 1. The molecule has 1 aromatic rings. The Kier molecular flexibility index (Phi) is 4.34. The van der Waals surface area contributed by atoms with Crippen molar-refractivity contribution in [2.24, 2.45) is 5.92 Å². The lowest BCUT2D eigenvalue weighted by molar-refractivity contribution is -0.121. The van der Waals surface area contributed by atoms with Crippen LogP contribution in [0.25, 0.3) is 0 Å². The Morgan fingerprint density at radius 2 is 1.95 bits per heavy atom. The van der Waals surface area contributed by atoms with Crippen LogP contribution in [-0.2, 0) is 4.74 Å². The van der Waals surface area contributed by atoms with Crippen LogP contribution in [0.2, 0.25) is 0 Å². The van der Waals surface area contributed by atoms with Gasteiger partial charge in [-0.2, -0.15) is 11.8 Å². The van der Waals surface area contributed by atoms with Crippen LogP contribution < -0.4 is 0 Å². The predicted octanol–water partition coefficient (Wildman–Crippen LogP) is 3.55. The molecule has 0 aromatic heterocycles. The van der Waals surface area contributed by atoms with Gasteiger partial charge in [-0.1, -0.05) is 12.1 Å². The Balaban J connectivity index is 1.71. The quantitative estimate of drug-likeness (QED) is 0.905. The molecular weight excluding hydrogens is 275 g/mol. The molecule has 2 saturated heterocycles. The van der Waals surface area contributed by atoms with Gasteiger partial charge in [-0.05, 0) is 60.8 Å². The Bertz CT molecular complexity index is 437. The molecule has 0 amide bonds. The zero-order valence-electron chi connectivity index (χ0n) is 11.6. The summed E-state index contributed by atoms with van der Waals surface area (Å²) in [4.78, 5) is 0. The molecule has 2 aliphatic heterocycles. The molecular formula is C16H21FO2S. The van der Waals surface area contributed by atoms with Crippen LogP contribution >= 0.6 is 11.8 Å². The van der Waals surface area contributed by atoms with Crippen molar-refractivity contribution in [1.29, 1.82) is 0 Å². The first kappa shape index (κ1) is 14.4. The van der Waals surface area contributed by atoms with Gasteiger partial charge in [0.1, 0.15) is 5.82 Å². The van der Waals surface area contributed by atoms with E-state index in [1.165, 1.54) is 12.1 Å². The van der Waals surface area contributed by atoms with Crippen LogP contribution in [0.15, 0.2) is 24.3 Å². The van der Waals surface area contributed by atoms with Gasteiger partial charge in [0.2, 0.25) is 0 Å². The van der Waals surface area contributed by atoms with Crippen LogP contribution in [0.5, 0.6) is 0 Å². The third kappa shape index (κ3) is 3.02. The van der Waals surface area contributed by atoms with E-state index in [4.69, 9.17) is 4.74 Å². The molecule has 1 aromatic carbocycles. The minimum absolute atomic E-state index is 0.0187. The van der Waals surface area contributed by atoms with Crippen LogP contribution in [0, 0.1) is 11.7 Å². The van der Waals surface area contributed by atoms with Crippen LogP contribution in [0.4, 0.5) is 4.39 Å². The Morgan fingerprint density at radius 1 is 1.25 bits per heavy atom. The minimum Gasteiger partial charge on any atom is -0.388 e. The van der Waals surface area contributed by atoms with Gasteiger partial charge in [0.15, 0.2) is 0 Å². The van der Waals surface area contributed by atoms with Crippen molar-refractivity contribution >= 4 is 11.8 Å². The Hall–Kier alpha value is -0.580. The second kappa shape index (κ2) is 6.04. The lowest BCUT2D eigenvalue weighted by Crippen LogP contribution is -2.44. The van der Waals surface area contributed by atoms with Gasteiger partial charge < -0.3 is 9.84 Å². The van der Waals surface area contributed by atoms with Crippen LogP contribution in [-0.4, -0.2) is 28.8 Å². The number of halogens is 1. The predicted molar refractivity (Wildman–Crippen MR) is 79.3 cm³/mol. The van der Waals surface area contributed by atoms with Crippen molar-refractivity contribution in [3.05, 3.63) is 35.6 Å². The first-order valence-corrected chi connectivity index (χ1v) is 8.49. The summed E-state index contributed by atoms with van der Waals surface area (Å²) in [6, 6.07) is 6.23. The SMILES string of the molecule is OC(c1ccc(F)cc1)C1CCOC2(CCSCC2)C1. The van der Waals surface area contributed by atoms with Gasteiger partial charge in [0.25, 0.3) is 0 Å². The Morgan fingerprint density at radius 3 is 2.65 bits per heavy atom. The maximum Gasteiger partial charge on any atom is 0.123 e. The fourth-order valence-electron chi connectivity index (χ4n) is 3.36. The van der Waals surface area contributed by atoms with E-state index in [1.54, 1.807) is 12.1 Å². The molecule has 0 radical (unpaired) electrons. The number of thioether (sulfide) groups is 1. The third-order valence-corrected chi connectivity index (χ3v) is 5.58. The lowest BCUT2D eigenvalue weighted by Gasteiger charge is -2.44. The molecule has 2 atom stereocenters. The molecule has 2 fully saturated rings. The highest BCUT2D eigenvalue weighted by molar-refractivity contribution is 7.99. The van der Waals surface area contributed by atoms with Gasteiger partial charge in [-0.3, -0.25) is 0 Å². The average Bonchev–Trinajstić information content (AvgIpc) is 2.48. The summed E-state index contributed by atoms with van der Waals surface area (Å²) in [7, 11) is 0. The number of aliphatic hydroxyl groups excluding tert-OH is 1. The zero-order chi connectivity index (χ0) is 14.0. The topological polar surface area (TPSA) is 29.5 Å². The molecule has 0 saturated carbocycles. The number of rotatable bonds is 2. The standard InChI is InChI=1S/C16H21FO2S/c17-14-3-1-12(2-4-14)15(18)13-5-8-19-16(11-13)6-9-20-10-7-16/h1-4,13,15,18H,5-11H2. The monoisotopic (exact) mass is 296 g/mol. The third-order valence-electron chi connectivity index (χ3n) is 4.59. The van der Waals surface area contributed by atoms with E-state index in [2.05, 4.69) is 0 Å². The van der Waals surface area contributed by atoms with Crippen molar-refractivity contribution in [3.8, 4) is 0 Å². The average molecular weight is 296 g/mol. The maximum absolute atomic E-state index is 13.0. The van der Waals surface area contributed by atoms with Gasteiger partial charge in [-0.15, -0.1) is 0 Å². The largest absolute Gasteiger partial charge is 0.388 e. The van der Waals surface area contributed by atoms with Gasteiger partial charge in [0.05, 0.1) is 11.7 Å². The molecule has 2 aliphatic rings. The highest BCUT2D eigenvalue weighted by Gasteiger charge is 2.40. The number of benzene rings is 1. The van der Waals surface area contributed by atoms with Crippen molar-refractivity contribution in [2.45, 2.75) is 37.4 Å². The van der Waals surface area contributed by atoms with E-state index >= 15 is 0 Å². The highest BCUT2D eigenvalue weighted by Crippen LogP contribution is 2.43. The van der Waals surface area contributed by atoms with Gasteiger partial charge in [0, 0.05) is 6.61 Å². The Labute approximate surface area is 123 Å². The first-order valence-electron chi connectivity index (χ1n) is 7.34. The second-order valence-corrected chi connectivity index (χ2v) is 7.12. The highest BCUT2D eigenvalue weighted by atomic mass is 32.2. The molecule has 20 heavy (non-hydrogen) atoms. The van der Waals surface area contributed by atoms with Crippen molar-refractivity contribution in [3.63, 3.8) is 0 Å². The summed E-state index contributed by atoms with van der Waals surface area (Å²) >= 11 is 1.99. The minimum atomic E-state index is -0.508. The molecule has 2 heterocycles. The van der Waals surface area contributed by atoms with Gasteiger partial charge in [-0.25, -0.2) is 4.39 Å². The van der Waals surface area contributed by atoms with Crippen LogP contribution in [0.3, 0.4) is 0 Å². The fraction of sp³-hybridized carbons (Fsp3) is 0.625. The number of hydrogen-bond acceptors (Lipinski definition) is 3. The van der Waals surface area contributed by atoms with E-state index in [0.29, 0.717) is 0 Å². The number of hydrogen-bond donors (Lipinski definition) is 1. The smallest absolute Gasteiger partial charge is 0.123 e. The van der Waals surface area contributed by atoms with E-state index in [1.807, 2.05) is 11.8 Å². The molecule has 1 spiro atoms. The van der Waals surface area contributed by atoms with E-state index < -0.39 is 6.10 Å². The number of ether oxygens (including phenoxy) is 1. The summed E-state index contributed by atoms with van der Waals surface area (Å²) in [5.41, 5.74) is 0.800. The summed E-state index contributed by atoms with van der Waals surface area (Å²) in [5, 5.41) is 10.6. The lowest BCUT2D eigenvalue weighted by atomic mass is 9.78. The molecule has 0 bridgehead atoms. The van der Waals surface area contributed by atoms with Crippen molar-refractivity contribution in [2.75, 3.05) is 18.1 Å². The summed E-state index contributed by atoms with van der Waals surface area (Å²) in [5.74, 6) is 2.27. The molecule has 1 N–H and O–H groups in total.